The number of hydrogen-bond acceptors (Lipinski definition) is 6. The Morgan fingerprint density at radius 1 is 1.03 bits per heavy atom. The SMILES string of the molecule is COc1ccccc1CN1CCCn2nc(C)c(-c3cccnc3N3CCOCC3)c21. The van der Waals surface area contributed by atoms with Gasteiger partial charge in [0.25, 0.3) is 0 Å². The summed E-state index contributed by atoms with van der Waals surface area (Å²) in [6.07, 6.45) is 2.96. The highest BCUT2D eigenvalue weighted by Gasteiger charge is 2.28. The molecule has 0 saturated carbocycles. The average Bonchev–Trinajstić information content (AvgIpc) is 3.16. The first-order chi connectivity index (χ1) is 15.3. The van der Waals surface area contributed by atoms with Crippen molar-refractivity contribution in [3.8, 4) is 16.9 Å². The first-order valence-corrected chi connectivity index (χ1v) is 11.0. The van der Waals surface area contributed by atoms with Gasteiger partial charge in [-0.15, -0.1) is 0 Å². The van der Waals surface area contributed by atoms with E-state index in [4.69, 9.17) is 19.6 Å². The molecule has 0 unspecified atom stereocenters. The van der Waals surface area contributed by atoms with Crippen LogP contribution in [0.25, 0.3) is 11.1 Å². The van der Waals surface area contributed by atoms with Crippen LogP contribution < -0.4 is 14.5 Å². The van der Waals surface area contributed by atoms with Crippen molar-refractivity contribution in [1.82, 2.24) is 14.8 Å². The molecule has 0 aliphatic carbocycles. The van der Waals surface area contributed by atoms with Crippen LogP contribution in [0.5, 0.6) is 5.75 Å². The largest absolute Gasteiger partial charge is 0.496 e. The number of ether oxygens (including phenoxy) is 2. The van der Waals surface area contributed by atoms with Gasteiger partial charge < -0.3 is 19.3 Å². The van der Waals surface area contributed by atoms with Crippen molar-refractivity contribution in [3.63, 3.8) is 0 Å². The van der Waals surface area contributed by atoms with Crippen LogP contribution in [0, 0.1) is 6.92 Å². The zero-order chi connectivity index (χ0) is 21.2. The number of methoxy groups -OCH3 is 1. The van der Waals surface area contributed by atoms with E-state index in [-0.39, 0.29) is 0 Å². The molecule has 2 aliphatic rings. The summed E-state index contributed by atoms with van der Waals surface area (Å²) >= 11 is 0. The quantitative estimate of drug-likeness (QED) is 0.631. The lowest BCUT2D eigenvalue weighted by molar-refractivity contribution is 0.122. The summed E-state index contributed by atoms with van der Waals surface area (Å²) in [5.74, 6) is 3.12. The molecule has 7 nitrogen and oxygen atoms in total. The molecule has 0 amide bonds. The molecule has 1 aromatic carbocycles. The van der Waals surface area contributed by atoms with Gasteiger partial charge in [0.05, 0.1) is 31.6 Å². The smallest absolute Gasteiger partial charge is 0.136 e. The van der Waals surface area contributed by atoms with Crippen molar-refractivity contribution in [3.05, 3.63) is 53.9 Å². The molecule has 3 aromatic rings. The number of aryl methyl sites for hydroxylation is 2. The molecule has 2 aliphatic heterocycles. The maximum Gasteiger partial charge on any atom is 0.136 e. The Hall–Kier alpha value is -3.06. The molecule has 0 spiro atoms. The third-order valence-electron chi connectivity index (χ3n) is 6.12. The van der Waals surface area contributed by atoms with Crippen molar-refractivity contribution < 1.29 is 9.47 Å². The number of hydrogen-bond donors (Lipinski definition) is 0. The number of fused-ring (bicyclic) bond motifs is 1. The fourth-order valence-electron chi connectivity index (χ4n) is 4.69. The average molecular weight is 420 g/mol. The fraction of sp³-hybridized carbons (Fsp3) is 0.417. The van der Waals surface area contributed by atoms with E-state index in [2.05, 4.69) is 39.6 Å². The van der Waals surface area contributed by atoms with Gasteiger partial charge >= 0.3 is 0 Å². The highest BCUT2D eigenvalue weighted by molar-refractivity contribution is 5.86. The van der Waals surface area contributed by atoms with E-state index in [0.29, 0.717) is 0 Å². The number of rotatable bonds is 5. The normalized spacial score (nSPS) is 16.3. The number of anilines is 2. The lowest BCUT2D eigenvalue weighted by Crippen LogP contribution is -2.37. The highest BCUT2D eigenvalue weighted by atomic mass is 16.5. The lowest BCUT2D eigenvalue weighted by atomic mass is 10.0. The van der Waals surface area contributed by atoms with Crippen LogP contribution in [0.15, 0.2) is 42.6 Å². The van der Waals surface area contributed by atoms with Gasteiger partial charge in [-0.25, -0.2) is 9.67 Å². The summed E-state index contributed by atoms with van der Waals surface area (Å²) in [5, 5.41) is 4.92. The number of benzene rings is 1. The minimum atomic E-state index is 0.737. The monoisotopic (exact) mass is 419 g/mol. The molecular formula is C24H29N5O2. The van der Waals surface area contributed by atoms with E-state index in [0.717, 1.165) is 75.2 Å². The van der Waals surface area contributed by atoms with Crippen molar-refractivity contribution in [2.45, 2.75) is 26.4 Å². The summed E-state index contributed by atoms with van der Waals surface area (Å²) in [4.78, 5) is 9.55. The number of pyridine rings is 1. The van der Waals surface area contributed by atoms with Crippen molar-refractivity contribution in [2.24, 2.45) is 0 Å². The minimum absolute atomic E-state index is 0.737. The Morgan fingerprint density at radius 3 is 2.71 bits per heavy atom. The van der Waals surface area contributed by atoms with Crippen LogP contribution in [-0.2, 0) is 17.8 Å². The lowest BCUT2D eigenvalue weighted by Gasteiger charge is -2.33. The molecular weight excluding hydrogens is 390 g/mol. The van der Waals surface area contributed by atoms with Gasteiger partial charge in [0.2, 0.25) is 0 Å². The van der Waals surface area contributed by atoms with Crippen LogP contribution in [-0.4, -0.2) is 54.7 Å². The fourth-order valence-corrected chi connectivity index (χ4v) is 4.69. The summed E-state index contributed by atoms with van der Waals surface area (Å²) in [6.45, 7) is 8.01. The second kappa shape index (κ2) is 8.59. The maximum atomic E-state index is 5.62. The zero-order valence-electron chi connectivity index (χ0n) is 18.3. The third kappa shape index (κ3) is 3.74. The molecule has 7 heteroatoms. The van der Waals surface area contributed by atoms with Crippen LogP contribution in [0.3, 0.4) is 0 Å². The third-order valence-corrected chi connectivity index (χ3v) is 6.12. The molecule has 1 fully saturated rings. The van der Waals surface area contributed by atoms with Crippen LogP contribution in [0.4, 0.5) is 11.6 Å². The van der Waals surface area contributed by atoms with Gasteiger partial charge in [0.1, 0.15) is 17.4 Å². The molecule has 31 heavy (non-hydrogen) atoms. The van der Waals surface area contributed by atoms with Crippen molar-refractivity contribution >= 4 is 11.6 Å². The summed E-state index contributed by atoms with van der Waals surface area (Å²) < 4.78 is 13.3. The Bertz CT molecular complexity index is 1060. The predicted octanol–water partition coefficient (Wildman–Crippen LogP) is 3.51. The molecule has 4 heterocycles. The van der Waals surface area contributed by atoms with E-state index in [1.807, 2.05) is 24.4 Å². The highest BCUT2D eigenvalue weighted by Crippen LogP contribution is 2.41. The van der Waals surface area contributed by atoms with Crippen LogP contribution in [0.2, 0.25) is 0 Å². The Labute approximate surface area is 183 Å². The number of para-hydroxylation sites is 1. The summed E-state index contributed by atoms with van der Waals surface area (Å²) in [5.41, 5.74) is 4.56. The van der Waals surface area contributed by atoms with E-state index in [1.165, 1.54) is 16.9 Å². The molecule has 0 atom stereocenters. The first kappa shape index (κ1) is 19.9. The van der Waals surface area contributed by atoms with Gasteiger partial charge in [-0.05, 0) is 31.5 Å². The Morgan fingerprint density at radius 2 is 1.87 bits per heavy atom. The topological polar surface area (TPSA) is 55.7 Å². The molecule has 1 saturated heterocycles. The zero-order valence-corrected chi connectivity index (χ0v) is 18.3. The standard InChI is InChI=1S/C24H29N5O2/c1-18-22(20-8-5-10-25-23(20)27-13-15-31-16-14-27)24-28(11-6-12-29(24)26-18)17-19-7-3-4-9-21(19)30-2/h3-5,7-10H,6,11-17H2,1-2H3. The van der Waals surface area contributed by atoms with Gasteiger partial charge in [0, 0.05) is 50.0 Å². The van der Waals surface area contributed by atoms with Gasteiger partial charge in [-0.3, -0.25) is 0 Å². The summed E-state index contributed by atoms with van der Waals surface area (Å²) in [7, 11) is 1.74. The molecule has 2 aromatic heterocycles. The second-order valence-electron chi connectivity index (χ2n) is 8.07. The molecule has 0 N–H and O–H groups in total. The number of aromatic nitrogens is 3. The van der Waals surface area contributed by atoms with Crippen LogP contribution >= 0.6 is 0 Å². The van der Waals surface area contributed by atoms with Crippen LogP contribution in [0.1, 0.15) is 17.7 Å². The van der Waals surface area contributed by atoms with E-state index in [9.17, 15) is 0 Å². The summed E-state index contributed by atoms with van der Waals surface area (Å²) in [6, 6.07) is 12.5. The van der Waals surface area contributed by atoms with Gasteiger partial charge in [-0.1, -0.05) is 18.2 Å². The maximum absolute atomic E-state index is 5.62. The van der Waals surface area contributed by atoms with Gasteiger partial charge in [0.15, 0.2) is 0 Å². The number of morpholine rings is 1. The Balaban J connectivity index is 1.58. The minimum Gasteiger partial charge on any atom is -0.496 e. The molecule has 5 rings (SSSR count). The molecule has 162 valence electrons. The van der Waals surface area contributed by atoms with Gasteiger partial charge in [-0.2, -0.15) is 5.10 Å². The number of nitrogens with zero attached hydrogens (tertiary/aromatic N) is 5. The second-order valence-corrected chi connectivity index (χ2v) is 8.07. The Kier molecular flexibility index (Phi) is 5.51. The van der Waals surface area contributed by atoms with Crippen molar-refractivity contribution in [2.75, 3.05) is 49.8 Å². The van der Waals surface area contributed by atoms with E-state index in [1.54, 1.807) is 7.11 Å². The molecule has 0 radical (unpaired) electrons. The van der Waals surface area contributed by atoms with E-state index >= 15 is 0 Å². The molecule has 0 bridgehead atoms. The first-order valence-electron chi connectivity index (χ1n) is 11.0. The predicted molar refractivity (Wildman–Crippen MR) is 122 cm³/mol. The van der Waals surface area contributed by atoms with Crippen molar-refractivity contribution in [1.29, 1.82) is 0 Å². The van der Waals surface area contributed by atoms with E-state index < -0.39 is 0 Å².